The fourth-order valence-corrected chi connectivity index (χ4v) is 7.60. The molecule has 2 nitrogen and oxygen atoms in total. The van der Waals surface area contributed by atoms with Crippen LogP contribution in [-0.2, 0) is 0 Å². The maximum atomic E-state index is 5.09. The lowest BCUT2D eigenvalue weighted by atomic mass is 9.83. The van der Waals surface area contributed by atoms with Crippen LogP contribution in [0, 0.1) is 5.92 Å². The van der Waals surface area contributed by atoms with Gasteiger partial charge >= 0.3 is 0 Å². The van der Waals surface area contributed by atoms with Gasteiger partial charge in [-0.15, -0.1) is 0 Å². The minimum atomic E-state index is 0.473. The number of benzene rings is 7. The third-order valence-electron chi connectivity index (χ3n) is 9.91. The summed E-state index contributed by atoms with van der Waals surface area (Å²) in [5.74, 6) is 1.41. The maximum Gasteiger partial charge on any atom is 0.145 e. The van der Waals surface area contributed by atoms with Crippen LogP contribution in [0.2, 0.25) is 0 Å². The Morgan fingerprint density at radius 3 is 1.96 bits per heavy atom. The number of aromatic nitrogens is 2. The summed E-state index contributed by atoms with van der Waals surface area (Å²) in [6.45, 7) is 0. The number of hydrogen-bond acceptors (Lipinski definition) is 1. The van der Waals surface area contributed by atoms with Crippen molar-refractivity contribution in [2.45, 2.75) is 0 Å². The van der Waals surface area contributed by atoms with E-state index in [1.807, 2.05) is 0 Å². The normalized spacial score (nSPS) is 15.0. The SMILES string of the molecule is C1=CC2C=C2C(c2c3ccccc3c(-c3ccccc3)c3cc(-c4ccc(-c5nc6ccccc6n5-c5ccccc5)cc4)ccc23)=C1. The van der Waals surface area contributed by atoms with Gasteiger partial charge in [0.15, 0.2) is 0 Å². The number of rotatable bonds is 5. The van der Waals surface area contributed by atoms with Gasteiger partial charge in [-0.1, -0.05) is 146 Å². The zero-order valence-electron chi connectivity index (χ0n) is 26.2. The number of nitrogens with zero attached hydrogens (tertiary/aromatic N) is 2. The molecule has 10 rings (SSSR count). The minimum absolute atomic E-state index is 0.473. The zero-order chi connectivity index (χ0) is 31.6. The topological polar surface area (TPSA) is 17.8 Å². The Morgan fingerprint density at radius 2 is 1.15 bits per heavy atom. The molecule has 0 aliphatic heterocycles. The smallest absolute Gasteiger partial charge is 0.145 e. The maximum absolute atomic E-state index is 5.09. The molecule has 2 aliphatic rings. The van der Waals surface area contributed by atoms with Crippen LogP contribution in [0.5, 0.6) is 0 Å². The highest BCUT2D eigenvalue weighted by molar-refractivity contribution is 6.21. The molecule has 1 atom stereocenters. The Morgan fingerprint density at radius 1 is 0.500 bits per heavy atom. The van der Waals surface area contributed by atoms with Gasteiger partial charge in [0.1, 0.15) is 5.82 Å². The standard InChI is InChI=1S/C46H30N2/c1-3-12-31(13-4-1)44-36-17-7-8-18-37(36)45(38-19-11-14-34-29-40(34)38)39-27-26-33(28-41(39)44)30-22-24-32(25-23-30)46-47-42-20-9-10-21-43(42)48(46)35-15-5-2-6-16-35/h1-29,34H. The monoisotopic (exact) mass is 610 g/mol. The Kier molecular flexibility index (Phi) is 5.97. The highest BCUT2D eigenvalue weighted by Crippen LogP contribution is 2.50. The van der Waals surface area contributed by atoms with E-state index in [0.717, 1.165) is 28.1 Å². The molecule has 2 aliphatic carbocycles. The van der Waals surface area contributed by atoms with Gasteiger partial charge < -0.3 is 0 Å². The number of imidazole rings is 1. The highest BCUT2D eigenvalue weighted by atomic mass is 15.1. The number of allylic oxidation sites excluding steroid dienone is 6. The Hall–Kier alpha value is -6.25. The zero-order valence-corrected chi connectivity index (χ0v) is 26.2. The van der Waals surface area contributed by atoms with Crippen LogP contribution in [-0.4, -0.2) is 9.55 Å². The summed E-state index contributed by atoms with van der Waals surface area (Å²) in [6.07, 6.45) is 9.19. The molecular weight excluding hydrogens is 581 g/mol. The number of para-hydroxylation sites is 3. The third kappa shape index (κ3) is 4.23. The van der Waals surface area contributed by atoms with Crippen LogP contribution in [0.3, 0.4) is 0 Å². The first-order valence-corrected chi connectivity index (χ1v) is 16.6. The lowest BCUT2D eigenvalue weighted by Gasteiger charge is -2.20. The van der Waals surface area contributed by atoms with E-state index in [4.69, 9.17) is 4.98 Å². The molecule has 1 heterocycles. The molecular formula is C46H30N2. The van der Waals surface area contributed by atoms with Crippen LogP contribution in [0.1, 0.15) is 5.56 Å². The van der Waals surface area contributed by atoms with Crippen LogP contribution in [0.15, 0.2) is 182 Å². The van der Waals surface area contributed by atoms with Crippen molar-refractivity contribution in [2.75, 3.05) is 0 Å². The average molecular weight is 611 g/mol. The van der Waals surface area contributed by atoms with Crippen molar-refractivity contribution < 1.29 is 0 Å². The number of hydrogen-bond donors (Lipinski definition) is 0. The summed E-state index contributed by atoms with van der Waals surface area (Å²) in [5, 5.41) is 5.15. The third-order valence-corrected chi connectivity index (χ3v) is 9.91. The first-order valence-electron chi connectivity index (χ1n) is 16.6. The van der Waals surface area contributed by atoms with Gasteiger partial charge in [0.05, 0.1) is 11.0 Å². The molecule has 0 saturated heterocycles. The summed E-state index contributed by atoms with van der Waals surface area (Å²) in [6, 6.07) is 54.6. The van der Waals surface area contributed by atoms with Crippen molar-refractivity contribution in [2.24, 2.45) is 5.92 Å². The van der Waals surface area contributed by atoms with Crippen LogP contribution in [0.25, 0.3) is 77.5 Å². The Labute approximate surface area is 279 Å². The summed E-state index contributed by atoms with van der Waals surface area (Å²) in [7, 11) is 0. The largest absolute Gasteiger partial charge is 0.292 e. The van der Waals surface area contributed by atoms with Crippen LogP contribution < -0.4 is 0 Å². The van der Waals surface area contributed by atoms with E-state index >= 15 is 0 Å². The molecule has 0 amide bonds. The molecule has 0 bridgehead atoms. The molecule has 2 heteroatoms. The predicted octanol–water partition coefficient (Wildman–Crippen LogP) is 11.8. The highest BCUT2D eigenvalue weighted by Gasteiger charge is 2.30. The van der Waals surface area contributed by atoms with Crippen molar-refractivity contribution in [3.8, 4) is 39.3 Å². The van der Waals surface area contributed by atoms with Crippen LogP contribution >= 0.6 is 0 Å². The van der Waals surface area contributed by atoms with E-state index in [-0.39, 0.29) is 0 Å². The van der Waals surface area contributed by atoms with Crippen molar-refractivity contribution in [3.63, 3.8) is 0 Å². The van der Waals surface area contributed by atoms with E-state index < -0.39 is 0 Å². The Bertz CT molecular complexity index is 2640. The lowest BCUT2D eigenvalue weighted by Crippen LogP contribution is -1.97. The second-order valence-corrected chi connectivity index (χ2v) is 12.7. The quantitative estimate of drug-likeness (QED) is 0.177. The van der Waals surface area contributed by atoms with Gasteiger partial charge in [0, 0.05) is 17.2 Å². The molecule has 7 aromatic carbocycles. The van der Waals surface area contributed by atoms with E-state index in [1.165, 1.54) is 60.5 Å². The second-order valence-electron chi connectivity index (χ2n) is 12.7. The van der Waals surface area contributed by atoms with Crippen molar-refractivity contribution in [1.82, 2.24) is 9.55 Å². The first-order chi connectivity index (χ1) is 23.8. The summed E-state index contributed by atoms with van der Waals surface area (Å²) < 4.78 is 2.26. The van der Waals surface area contributed by atoms with Gasteiger partial charge in [-0.2, -0.15) is 0 Å². The summed E-state index contributed by atoms with van der Waals surface area (Å²) in [4.78, 5) is 5.09. The first kappa shape index (κ1) is 26.9. The van der Waals surface area contributed by atoms with E-state index in [0.29, 0.717) is 5.92 Å². The van der Waals surface area contributed by atoms with Gasteiger partial charge in [-0.05, 0) is 90.8 Å². The molecule has 0 fully saturated rings. The molecule has 0 saturated carbocycles. The predicted molar refractivity (Wildman–Crippen MR) is 201 cm³/mol. The molecule has 0 radical (unpaired) electrons. The Balaban J connectivity index is 1.16. The van der Waals surface area contributed by atoms with Crippen molar-refractivity contribution >= 4 is 38.2 Å². The summed E-state index contributed by atoms with van der Waals surface area (Å²) >= 11 is 0. The van der Waals surface area contributed by atoms with Crippen LogP contribution in [0.4, 0.5) is 0 Å². The van der Waals surface area contributed by atoms with Gasteiger partial charge in [-0.3, -0.25) is 4.57 Å². The average Bonchev–Trinajstić information content (AvgIpc) is 3.86. The van der Waals surface area contributed by atoms with E-state index in [9.17, 15) is 0 Å². The second kappa shape index (κ2) is 10.7. The minimum Gasteiger partial charge on any atom is -0.292 e. The lowest BCUT2D eigenvalue weighted by molar-refractivity contribution is 1.10. The summed E-state index contributed by atoms with van der Waals surface area (Å²) in [5.41, 5.74) is 13.3. The molecule has 0 spiro atoms. The molecule has 1 aromatic heterocycles. The van der Waals surface area contributed by atoms with Gasteiger partial charge in [-0.25, -0.2) is 4.98 Å². The molecule has 48 heavy (non-hydrogen) atoms. The van der Waals surface area contributed by atoms with E-state index in [1.54, 1.807) is 0 Å². The van der Waals surface area contributed by atoms with Gasteiger partial charge in [0.25, 0.3) is 0 Å². The molecule has 8 aromatic rings. The molecule has 0 N–H and O–H groups in total. The van der Waals surface area contributed by atoms with E-state index in [2.05, 4.69) is 181 Å². The fraction of sp³-hybridized carbons (Fsp3) is 0.0217. The fourth-order valence-electron chi connectivity index (χ4n) is 7.60. The molecule has 1 unspecified atom stereocenters. The van der Waals surface area contributed by atoms with Crippen molar-refractivity contribution in [1.29, 1.82) is 0 Å². The number of fused-ring (bicyclic) bond motifs is 4. The van der Waals surface area contributed by atoms with Crippen molar-refractivity contribution in [3.05, 3.63) is 187 Å². The van der Waals surface area contributed by atoms with Gasteiger partial charge in [0.2, 0.25) is 0 Å². The molecule has 224 valence electrons.